The first-order valence-electron chi connectivity index (χ1n) is 8.19. The summed E-state index contributed by atoms with van der Waals surface area (Å²) >= 11 is 7.53. The SMILES string of the molecule is O=C(CCc1ccc(F)c(F)c1)N1CCN(Cc2ccc(Cl)s2)CC1. The average Bonchev–Trinajstić information content (AvgIpc) is 3.01. The molecule has 0 atom stereocenters. The second-order valence-corrected chi connectivity index (χ2v) is 7.91. The third-order valence-electron chi connectivity index (χ3n) is 4.34. The van der Waals surface area contributed by atoms with Crippen LogP contribution in [0.15, 0.2) is 30.3 Å². The molecule has 1 amide bonds. The number of halogens is 3. The van der Waals surface area contributed by atoms with E-state index in [2.05, 4.69) is 4.90 Å². The number of nitrogens with zero attached hydrogens (tertiary/aromatic N) is 2. The van der Waals surface area contributed by atoms with Gasteiger partial charge in [-0.2, -0.15) is 0 Å². The van der Waals surface area contributed by atoms with Crippen molar-refractivity contribution in [3.63, 3.8) is 0 Å². The summed E-state index contributed by atoms with van der Waals surface area (Å²) < 4.78 is 26.9. The van der Waals surface area contributed by atoms with Crippen molar-refractivity contribution >= 4 is 28.8 Å². The lowest BCUT2D eigenvalue weighted by Crippen LogP contribution is -2.48. The molecule has 0 spiro atoms. The van der Waals surface area contributed by atoms with Gasteiger partial charge in [0.15, 0.2) is 11.6 Å². The monoisotopic (exact) mass is 384 g/mol. The van der Waals surface area contributed by atoms with E-state index in [0.717, 1.165) is 36.1 Å². The van der Waals surface area contributed by atoms with Gasteiger partial charge in [-0.25, -0.2) is 8.78 Å². The van der Waals surface area contributed by atoms with Gasteiger partial charge in [-0.1, -0.05) is 17.7 Å². The lowest BCUT2D eigenvalue weighted by Gasteiger charge is -2.34. The lowest BCUT2D eigenvalue weighted by atomic mass is 10.1. The van der Waals surface area contributed by atoms with Crippen molar-refractivity contribution in [1.82, 2.24) is 9.80 Å². The van der Waals surface area contributed by atoms with Crippen LogP contribution in [0.3, 0.4) is 0 Å². The zero-order valence-corrected chi connectivity index (χ0v) is 15.3. The maximum atomic E-state index is 13.2. The Hall–Kier alpha value is -1.50. The second-order valence-electron chi connectivity index (χ2n) is 6.11. The number of benzene rings is 1. The predicted octanol–water partition coefficient (Wildman–Crippen LogP) is 3.96. The van der Waals surface area contributed by atoms with Gasteiger partial charge in [-0.3, -0.25) is 9.69 Å². The summed E-state index contributed by atoms with van der Waals surface area (Å²) in [4.78, 5) is 17.7. The fourth-order valence-electron chi connectivity index (χ4n) is 2.92. The number of aryl methyl sites for hydroxylation is 1. The maximum Gasteiger partial charge on any atom is 0.222 e. The van der Waals surface area contributed by atoms with Gasteiger partial charge in [0.2, 0.25) is 5.91 Å². The van der Waals surface area contributed by atoms with Crippen LogP contribution in [-0.4, -0.2) is 41.9 Å². The van der Waals surface area contributed by atoms with Crippen LogP contribution in [0.2, 0.25) is 4.34 Å². The molecule has 0 bridgehead atoms. The molecule has 0 unspecified atom stereocenters. The summed E-state index contributed by atoms with van der Waals surface area (Å²) in [5.74, 6) is -1.67. The minimum atomic E-state index is -0.868. The second kappa shape index (κ2) is 8.25. The molecule has 25 heavy (non-hydrogen) atoms. The van der Waals surface area contributed by atoms with Crippen LogP contribution < -0.4 is 0 Å². The zero-order chi connectivity index (χ0) is 17.8. The van der Waals surface area contributed by atoms with E-state index in [1.54, 1.807) is 11.3 Å². The molecule has 1 aromatic carbocycles. The van der Waals surface area contributed by atoms with E-state index >= 15 is 0 Å². The van der Waals surface area contributed by atoms with Crippen molar-refractivity contribution in [3.05, 3.63) is 56.7 Å². The number of rotatable bonds is 5. The van der Waals surface area contributed by atoms with E-state index in [4.69, 9.17) is 11.6 Å². The lowest BCUT2D eigenvalue weighted by molar-refractivity contribution is -0.132. The van der Waals surface area contributed by atoms with Crippen molar-refractivity contribution < 1.29 is 13.6 Å². The summed E-state index contributed by atoms with van der Waals surface area (Å²) in [5, 5.41) is 0. The Labute approximate surface area is 154 Å². The highest BCUT2D eigenvalue weighted by atomic mass is 35.5. The highest BCUT2D eigenvalue weighted by molar-refractivity contribution is 7.16. The van der Waals surface area contributed by atoms with Crippen molar-refractivity contribution in [2.75, 3.05) is 26.2 Å². The third kappa shape index (κ3) is 5.00. The largest absolute Gasteiger partial charge is 0.340 e. The molecule has 2 aromatic rings. The quantitative estimate of drug-likeness (QED) is 0.779. The topological polar surface area (TPSA) is 23.6 Å². The molecule has 1 saturated heterocycles. The number of carbonyl (C=O) groups excluding carboxylic acids is 1. The first kappa shape index (κ1) is 18.3. The third-order valence-corrected chi connectivity index (χ3v) is 5.56. The predicted molar refractivity (Wildman–Crippen MR) is 95.9 cm³/mol. The zero-order valence-electron chi connectivity index (χ0n) is 13.7. The van der Waals surface area contributed by atoms with Gasteiger partial charge < -0.3 is 4.90 Å². The Kier molecular flexibility index (Phi) is 6.04. The first-order chi connectivity index (χ1) is 12.0. The number of amides is 1. The van der Waals surface area contributed by atoms with Gasteiger partial charge in [-0.15, -0.1) is 11.3 Å². The van der Waals surface area contributed by atoms with Gasteiger partial charge in [0, 0.05) is 44.0 Å². The molecule has 1 aliphatic rings. The van der Waals surface area contributed by atoms with E-state index in [1.165, 1.54) is 10.9 Å². The molecule has 0 aliphatic carbocycles. The van der Waals surface area contributed by atoms with E-state index in [0.29, 0.717) is 31.5 Å². The maximum absolute atomic E-state index is 13.2. The number of carbonyl (C=O) groups is 1. The van der Waals surface area contributed by atoms with Gasteiger partial charge in [0.05, 0.1) is 4.34 Å². The van der Waals surface area contributed by atoms with Crippen LogP contribution >= 0.6 is 22.9 Å². The van der Waals surface area contributed by atoms with Crippen LogP contribution in [0.5, 0.6) is 0 Å². The number of hydrogen-bond acceptors (Lipinski definition) is 3. The highest BCUT2D eigenvalue weighted by Gasteiger charge is 2.21. The van der Waals surface area contributed by atoms with Crippen molar-refractivity contribution in [1.29, 1.82) is 0 Å². The fraction of sp³-hybridized carbons (Fsp3) is 0.389. The molecule has 1 aromatic heterocycles. The van der Waals surface area contributed by atoms with Gasteiger partial charge >= 0.3 is 0 Å². The van der Waals surface area contributed by atoms with Crippen LogP contribution in [0.4, 0.5) is 8.78 Å². The molecule has 7 heteroatoms. The summed E-state index contributed by atoms with van der Waals surface area (Å²) in [6.07, 6.45) is 0.732. The molecular weight excluding hydrogens is 366 g/mol. The van der Waals surface area contributed by atoms with Crippen molar-refractivity contribution in [3.8, 4) is 0 Å². The normalized spacial score (nSPS) is 15.6. The Morgan fingerprint density at radius 3 is 2.48 bits per heavy atom. The Balaban J connectivity index is 1.44. The van der Waals surface area contributed by atoms with Crippen LogP contribution in [0.1, 0.15) is 16.9 Å². The average molecular weight is 385 g/mol. The molecule has 1 fully saturated rings. The standard InChI is InChI=1S/C18H19ClF2N2OS/c19-17-5-3-14(25-17)12-22-7-9-23(10-8-22)18(24)6-2-13-1-4-15(20)16(21)11-13/h1,3-5,11H,2,6-10,12H2. The summed E-state index contributed by atoms with van der Waals surface area (Å²) in [6, 6.07) is 7.72. The van der Waals surface area contributed by atoms with Crippen LogP contribution in [0, 0.1) is 11.6 Å². The minimum absolute atomic E-state index is 0.0588. The molecule has 3 rings (SSSR count). The number of hydrogen-bond donors (Lipinski definition) is 0. The molecule has 134 valence electrons. The van der Waals surface area contributed by atoms with Gasteiger partial charge in [0.1, 0.15) is 0 Å². The van der Waals surface area contributed by atoms with Gasteiger partial charge in [0.25, 0.3) is 0 Å². The number of thiophene rings is 1. The molecule has 0 saturated carbocycles. The summed E-state index contributed by atoms with van der Waals surface area (Å²) in [5.41, 5.74) is 0.639. The molecular formula is C18H19ClF2N2OS. The molecule has 3 nitrogen and oxygen atoms in total. The molecule has 0 N–H and O–H groups in total. The van der Waals surface area contributed by atoms with E-state index in [1.807, 2.05) is 17.0 Å². The van der Waals surface area contributed by atoms with E-state index in [-0.39, 0.29) is 5.91 Å². The highest BCUT2D eigenvalue weighted by Crippen LogP contribution is 2.23. The number of piperazine rings is 1. The van der Waals surface area contributed by atoms with E-state index in [9.17, 15) is 13.6 Å². The Morgan fingerprint density at radius 2 is 1.84 bits per heavy atom. The Morgan fingerprint density at radius 1 is 1.08 bits per heavy atom. The van der Waals surface area contributed by atoms with Crippen LogP contribution in [-0.2, 0) is 17.8 Å². The first-order valence-corrected chi connectivity index (χ1v) is 9.39. The van der Waals surface area contributed by atoms with Crippen LogP contribution in [0.25, 0.3) is 0 Å². The Bertz CT molecular complexity index is 744. The molecule has 1 aliphatic heterocycles. The fourth-order valence-corrected chi connectivity index (χ4v) is 4.05. The van der Waals surface area contributed by atoms with Crippen molar-refractivity contribution in [2.24, 2.45) is 0 Å². The minimum Gasteiger partial charge on any atom is -0.340 e. The molecule has 2 heterocycles. The summed E-state index contributed by atoms with van der Waals surface area (Å²) in [7, 11) is 0. The summed E-state index contributed by atoms with van der Waals surface area (Å²) in [6.45, 7) is 3.89. The smallest absolute Gasteiger partial charge is 0.222 e. The molecule has 0 radical (unpaired) electrons. The van der Waals surface area contributed by atoms with Crippen molar-refractivity contribution in [2.45, 2.75) is 19.4 Å². The van der Waals surface area contributed by atoms with E-state index < -0.39 is 11.6 Å². The van der Waals surface area contributed by atoms with Gasteiger partial charge in [-0.05, 0) is 36.2 Å².